The molecule has 1 heterocycles. The Morgan fingerprint density at radius 3 is 2.45 bits per heavy atom. The highest BCUT2D eigenvalue weighted by atomic mass is 32.2. The summed E-state index contributed by atoms with van der Waals surface area (Å²) >= 11 is 4.20. The van der Waals surface area contributed by atoms with Crippen LogP contribution in [-0.4, -0.2) is 35.4 Å². The molecule has 9 heteroatoms. The molecular formula is C13H14N4O2S3. The number of carbonyl (C=O) groups is 2. The maximum absolute atomic E-state index is 12.4. The molecule has 1 aromatic carbocycles. The lowest BCUT2D eigenvalue weighted by atomic mass is 10.1. The third kappa shape index (κ3) is 4.46. The number of hydrogen-bond donors (Lipinski definition) is 2. The third-order valence-corrected chi connectivity index (χ3v) is 5.82. The van der Waals surface area contributed by atoms with Gasteiger partial charge >= 0.3 is 6.03 Å². The van der Waals surface area contributed by atoms with Gasteiger partial charge in [-0.3, -0.25) is 10.1 Å². The smallest absolute Gasteiger partial charge is 0.321 e. The quantitative estimate of drug-likeness (QED) is 0.803. The molecule has 0 radical (unpaired) electrons. The molecule has 6 nitrogen and oxygen atoms in total. The molecule has 0 aliphatic carbocycles. The number of nitrogens with zero attached hydrogens (tertiary/aromatic N) is 2. The Labute approximate surface area is 140 Å². The summed E-state index contributed by atoms with van der Waals surface area (Å²) in [7, 11) is 1.46. The molecule has 22 heavy (non-hydrogen) atoms. The molecule has 1 unspecified atom stereocenters. The minimum absolute atomic E-state index is 0.392. The molecule has 0 spiro atoms. The molecule has 1 aromatic heterocycles. The number of urea groups is 1. The highest BCUT2D eigenvalue weighted by Crippen LogP contribution is 2.38. The Hall–Kier alpha value is -1.58. The van der Waals surface area contributed by atoms with Crippen LogP contribution in [0.1, 0.15) is 10.8 Å². The number of hydrogen-bond acceptors (Lipinski definition) is 7. The van der Waals surface area contributed by atoms with Crippen LogP contribution >= 0.6 is 34.9 Å². The summed E-state index contributed by atoms with van der Waals surface area (Å²) < 4.78 is 1.52. The van der Waals surface area contributed by atoms with Crippen LogP contribution in [0.25, 0.3) is 0 Å². The van der Waals surface area contributed by atoms with E-state index in [2.05, 4.69) is 20.8 Å². The number of rotatable bonds is 5. The second-order valence-corrected chi connectivity index (χ2v) is 7.40. The number of aromatic nitrogens is 2. The normalized spacial score (nSPS) is 11.7. The first-order valence-electron chi connectivity index (χ1n) is 6.25. The Balaban J connectivity index is 2.21. The van der Waals surface area contributed by atoms with Gasteiger partial charge < -0.3 is 5.32 Å². The van der Waals surface area contributed by atoms with Gasteiger partial charge in [0.2, 0.25) is 5.91 Å². The van der Waals surface area contributed by atoms with E-state index in [1.165, 1.54) is 41.9 Å². The summed E-state index contributed by atoms with van der Waals surface area (Å²) in [6, 6.07) is 8.73. The highest BCUT2D eigenvalue weighted by molar-refractivity contribution is 8.03. The zero-order valence-corrected chi connectivity index (χ0v) is 14.3. The first-order chi connectivity index (χ1) is 10.6. The molecular weight excluding hydrogens is 340 g/mol. The minimum atomic E-state index is -0.568. The van der Waals surface area contributed by atoms with Crippen LogP contribution in [-0.2, 0) is 4.79 Å². The molecule has 0 aliphatic heterocycles. The molecule has 2 rings (SSSR count). The van der Waals surface area contributed by atoms with Crippen molar-refractivity contribution in [3.05, 3.63) is 35.9 Å². The fourth-order valence-electron chi connectivity index (χ4n) is 1.57. The fourth-order valence-corrected chi connectivity index (χ4v) is 4.20. The maximum Gasteiger partial charge on any atom is 0.321 e. The van der Waals surface area contributed by atoms with Crippen LogP contribution in [0.5, 0.6) is 0 Å². The van der Waals surface area contributed by atoms with Crippen molar-refractivity contribution in [1.82, 2.24) is 20.8 Å². The van der Waals surface area contributed by atoms with E-state index in [1.807, 2.05) is 36.6 Å². The zero-order valence-electron chi connectivity index (χ0n) is 11.9. The third-order valence-electron chi connectivity index (χ3n) is 2.59. The Morgan fingerprint density at radius 2 is 1.86 bits per heavy atom. The second-order valence-electron chi connectivity index (χ2n) is 4.01. The SMILES string of the molecule is CNC(=O)NC(=O)C(Sc1nnc(SC)s1)c1ccccc1. The van der Waals surface area contributed by atoms with Gasteiger partial charge in [0.25, 0.3) is 0 Å². The van der Waals surface area contributed by atoms with Crippen molar-refractivity contribution in [3.8, 4) is 0 Å². The summed E-state index contributed by atoms with van der Waals surface area (Å²) in [5.41, 5.74) is 0.801. The summed E-state index contributed by atoms with van der Waals surface area (Å²) in [4.78, 5) is 23.7. The molecule has 0 saturated carbocycles. The van der Waals surface area contributed by atoms with Crippen LogP contribution in [0.3, 0.4) is 0 Å². The molecule has 2 aromatic rings. The van der Waals surface area contributed by atoms with Crippen molar-refractivity contribution in [1.29, 1.82) is 0 Å². The largest absolute Gasteiger partial charge is 0.341 e. The number of amides is 3. The van der Waals surface area contributed by atoms with Gasteiger partial charge in [0, 0.05) is 7.05 Å². The average molecular weight is 354 g/mol. The van der Waals surface area contributed by atoms with E-state index in [1.54, 1.807) is 0 Å². The molecule has 0 saturated heterocycles. The number of nitrogens with one attached hydrogen (secondary N) is 2. The zero-order chi connectivity index (χ0) is 15.9. The van der Waals surface area contributed by atoms with Crippen LogP contribution < -0.4 is 10.6 Å². The summed E-state index contributed by atoms with van der Waals surface area (Å²) in [5.74, 6) is -0.392. The topological polar surface area (TPSA) is 84.0 Å². The Morgan fingerprint density at radius 1 is 1.18 bits per heavy atom. The van der Waals surface area contributed by atoms with Gasteiger partial charge in [-0.15, -0.1) is 10.2 Å². The van der Waals surface area contributed by atoms with Gasteiger partial charge in [0.05, 0.1) is 0 Å². The van der Waals surface area contributed by atoms with E-state index in [-0.39, 0.29) is 0 Å². The molecule has 0 aliphatic rings. The van der Waals surface area contributed by atoms with E-state index in [4.69, 9.17) is 0 Å². The molecule has 0 bridgehead atoms. The summed E-state index contributed by atoms with van der Waals surface area (Å²) in [6.07, 6.45) is 1.92. The lowest BCUT2D eigenvalue weighted by Crippen LogP contribution is -2.39. The number of carbonyl (C=O) groups excluding carboxylic acids is 2. The summed E-state index contributed by atoms with van der Waals surface area (Å²) in [6.45, 7) is 0. The predicted octanol–water partition coefficient (Wildman–Crippen LogP) is 2.55. The standard InChI is InChI=1S/C13H14N4O2S3/c1-14-11(19)15-10(18)9(8-6-4-3-5-7-8)21-13-17-16-12(20-2)22-13/h3-7,9H,1-2H3,(H2,14,15,18,19). The first kappa shape index (κ1) is 16.8. The number of benzene rings is 1. The molecule has 1 atom stereocenters. The predicted molar refractivity (Wildman–Crippen MR) is 89.3 cm³/mol. The molecule has 116 valence electrons. The fraction of sp³-hybridized carbons (Fsp3) is 0.231. The first-order valence-corrected chi connectivity index (χ1v) is 9.17. The van der Waals surface area contributed by atoms with Gasteiger partial charge in [-0.05, 0) is 11.8 Å². The monoisotopic (exact) mass is 354 g/mol. The van der Waals surface area contributed by atoms with Crippen molar-refractivity contribution < 1.29 is 9.59 Å². The number of thioether (sulfide) groups is 2. The van der Waals surface area contributed by atoms with Gasteiger partial charge in [0.15, 0.2) is 8.68 Å². The van der Waals surface area contributed by atoms with Gasteiger partial charge in [0.1, 0.15) is 5.25 Å². The molecule has 0 fully saturated rings. The van der Waals surface area contributed by atoms with Crippen LogP contribution in [0.2, 0.25) is 0 Å². The minimum Gasteiger partial charge on any atom is -0.341 e. The number of imide groups is 1. The Bertz CT molecular complexity index is 648. The van der Waals surface area contributed by atoms with E-state index in [0.29, 0.717) is 4.34 Å². The van der Waals surface area contributed by atoms with Gasteiger partial charge in [-0.1, -0.05) is 65.2 Å². The lowest BCUT2D eigenvalue weighted by Gasteiger charge is -2.14. The highest BCUT2D eigenvalue weighted by Gasteiger charge is 2.25. The van der Waals surface area contributed by atoms with Crippen molar-refractivity contribution in [3.63, 3.8) is 0 Å². The van der Waals surface area contributed by atoms with Crippen molar-refractivity contribution in [2.45, 2.75) is 13.9 Å². The molecule has 2 N–H and O–H groups in total. The van der Waals surface area contributed by atoms with Crippen molar-refractivity contribution >= 4 is 46.8 Å². The average Bonchev–Trinajstić information content (AvgIpc) is 3.01. The van der Waals surface area contributed by atoms with E-state index < -0.39 is 17.2 Å². The lowest BCUT2D eigenvalue weighted by molar-refractivity contribution is -0.119. The van der Waals surface area contributed by atoms with Gasteiger partial charge in [-0.2, -0.15) is 0 Å². The Kier molecular flexibility index (Phi) is 6.22. The van der Waals surface area contributed by atoms with E-state index in [0.717, 1.165) is 9.90 Å². The second kappa shape index (κ2) is 8.16. The van der Waals surface area contributed by atoms with Crippen molar-refractivity contribution in [2.24, 2.45) is 0 Å². The van der Waals surface area contributed by atoms with E-state index >= 15 is 0 Å². The molecule has 3 amide bonds. The van der Waals surface area contributed by atoms with Gasteiger partial charge in [-0.25, -0.2) is 4.79 Å². The van der Waals surface area contributed by atoms with Crippen LogP contribution in [0.15, 0.2) is 39.0 Å². The van der Waals surface area contributed by atoms with E-state index in [9.17, 15) is 9.59 Å². The van der Waals surface area contributed by atoms with Crippen molar-refractivity contribution in [2.75, 3.05) is 13.3 Å². The van der Waals surface area contributed by atoms with Crippen LogP contribution in [0.4, 0.5) is 4.79 Å². The summed E-state index contributed by atoms with van der Waals surface area (Å²) in [5, 5.41) is 12.2. The van der Waals surface area contributed by atoms with Crippen LogP contribution in [0, 0.1) is 0 Å². The maximum atomic E-state index is 12.4.